The normalized spacial score (nSPS) is 28.8. The van der Waals surface area contributed by atoms with Crippen molar-refractivity contribution in [2.45, 2.75) is 18.6 Å². The lowest BCUT2D eigenvalue weighted by Crippen LogP contribution is -2.42. The van der Waals surface area contributed by atoms with Gasteiger partial charge in [-0.2, -0.15) is 0 Å². The predicted molar refractivity (Wildman–Crippen MR) is 43.4 cm³/mol. The maximum absolute atomic E-state index is 12.6. The number of alkyl halides is 1. The van der Waals surface area contributed by atoms with Gasteiger partial charge in [-0.15, -0.1) is 0 Å². The molecule has 0 radical (unpaired) electrons. The Bertz CT molecular complexity index is 165. The molecule has 0 aromatic heterocycles. The zero-order valence-electron chi connectivity index (χ0n) is 6.85. The average Bonchev–Trinajstić information content (AvgIpc) is 2.47. The van der Waals surface area contributed by atoms with Gasteiger partial charge in [0, 0.05) is 26.1 Å². The molecular weight excluding hydrogens is 161 g/mol. The fourth-order valence-corrected chi connectivity index (χ4v) is 1.21. The molecule has 0 spiro atoms. The van der Waals surface area contributed by atoms with E-state index in [1.165, 1.54) is 0 Å². The Hall–Kier alpha value is -0.680. The van der Waals surface area contributed by atoms with E-state index in [1.54, 1.807) is 0 Å². The minimum Gasteiger partial charge on any atom is -0.353 e. The quantitative estimate of drug-likeness (QED) is 0.502. The van der Waals surface area contributed by atoms with Crippen LogP contribution < -0.4 is 16.4 Å². The number of halogens is 1. The third kappa shape index (κ3) is 2.42. The first-order valence-electron chi connectivity index (χ1n) is 4.09. The van der Waals surface area contributed by atoms with Crippen LogP contribution in [0, 0.1) is 0 Å². The van der Waals surface area contributed by atoms with Crippen LogP contribution in [0.3, 0.4) is 0 Å². The third-order valence-electron chi connectivity index (χ3n) is 1.84. The largest absolute Gasteiger partial charge is 0.353 e. The van der Waals surface area contributed by atoms with Gasteiger partial charge in [0.1, 0.15) is 6.17 Å². The van der Waals surface area contributed by atoms with E-state index >= 15 is 0 Å². The number of nitrogens with one attached hydrogen (secondary N) is 2. The summed E-state index contributed by atoms with van der Waals surface area (Å²) >= 11 is 0. The van der Waals surface area contributed by atoms with Crippen LogP contribution in [0.25, 0.3) is 0 Å². The summed E-state index contributed by atoms with van der Waals surface area (Å²) in [6.07, 6.45) is -0.616. The van der Waals surface area contributed by atoms with E-state index in [9.17, 15) is 9.18 Å². The summed E-state index contributed by atoms with van der Waals surface area (Å²) in [6, 6.07) is -0.369. The maximum Gasteiger partial charge on any atom is 0.237 e. The molecule has 1 aliphatic heterocycles. The molecule has 4 N–H and O–H groups in total. The Morgan fingerprint density at radius 2 is 2.50 bits per heavy atom. The van der Waals surface area contributed by atoms with Crippen LogP contribution in [-0.4, -0.2) is 37.8 Å². The Kier molecular flexibility index (Phi) is 3.43. The average molecular weight is 175 g/mol. The molecule has 70 valence electrons. The van der Waals surface area contributed by atoms with E-state index in [2.05, 4.69) is 10.6 Å². The number of carbonyl (C=O) groups excluding carboxylic acids is 1. The lowest BCUT2D eigenvalue weighted by atomic mass is 10.2. The van der Waals surface area contributed by atoms with Gasteiger partial charge in [-0.1, -0.05) is 0 Å². The number of amides is 1. The SMILES string of the molecule is NCCNC(=O)[C@H]1C[C@H](F)CN1. The van der Waals surface area contributed by atoms with Crippen LogP contribution in [0.15, 0.2) is 0 Å². The van der Waals surface area contributed by atoms with E-state index in [-0.39, 0.29) is 24.9 Å². The van der Waals surface area contributed by atoms with Crippen molar-refractivity contribution in [2.75, 3.05) is 19.6 Å². The van der Waals surface area contributed by atoms with Crippen molar-refractivity contribution in [3.8, 4) is 0 Å². The number of rotatable bonds is 3. The first-order valence-corrected chi connectivity index (χ1v) is 4.09. The maximum atomic E-state index is 12.6. The standard InChI is InChI=1S/C7H14FN3O/c8-5-3-6(11-4-5)7(12)10-2-1-9/h5-6,11H,1-4,9H2,(H,10,12)/t5-,6+/m0/s1. The van der Waals surface area contributed by atoms with Gasteiger partial charge in [0.15, 0.2) is 0 Å². The number of carbonyl (C=O) groups is 1. The van der Waals surface area contributed by atoms with Gasteiger partial charge in [0.05, 0.1) is 6.04 Å². The molecule has 0 aliphatic carbocycles. The van der Waals surface area contributed by atoms with Gasteiger partial charge in [0.25, 0.3) is 0 Å². The summed E-state index contributed by atoms with van der Waals surface area (Å²) in [6.45, 7) is 1.15. The molecule has 0 saturated carbocycles. The molecule has 1 heterocycles. The Morgan fingerprint density at radius 1 is 1.75 bits per heavy atom. The van der Waals surface area contributed by atoms with E-state index in [0.29, 0.717) is 13.1 Å². The molecule has 1 amide bonds. The first kappa shape index (κ1) is 9.41. The molecule has 12 heavy (non-hydrogen) atoms. The zero-order valence-corrected chi connectivity index (χ0v) is 6.85. The van der Waals surface area contributed by atoms with Crippen LogP contribution in [0.5, 0.6) is 0 Å². The fourth-order valence-electron chi connectivity index (χ4n) is 1.21. The van der Waals surface area contributed by atoms with Crippen molar-refractivity contribution in [1.29, 1.82) is 0 Å². The minimum atomic E-state index is -0.890. The second-order valence-corrected chi connectivity index (χ2v) is 2.87. The van der Waals surface area contributed by atoms with E-state index in [1.807, 2.05) is 0 Å². The van der Waals surface area contributed by atoms with Gasteiger partial charge >= 0.3 is 0 Å². The molecule has 5 heteroatoms. The lowest BCUT2D eigenvalue weighted by molar-refractivity contribution is -0.122. The topological polar surface area (TPSA) is 67.1 Å². The molecule has 0 aromatic carbocycles. The fraction of sp³-hybridized carbons (Fsp3) is 0.857. The molecule has 0 unspecified atom stereocenters. The predicted octanol–water partition coefficient (Wildman–Crippen LogP) is -1.24. The monoisotopic (exact) mass is 175 g/mol. The number of hydrogen-bond donors (Lipinski definition) is 3. The summed E-state index contributed by atoms with van der Waals surface area (Å²) in [5.74, 6) is -0.152. The van der Waals surface area contributed by atoms with Gasteiger partial charge < -0.3 is 16.4 Å². The Labute approximate surface area is 70.7 Å². The van der Waals surface area contributed by atoms with E-state index in [4.69, 9.17) is 5.73 Å². The van der Waals surface area contributed by atoms with Crippen molar-refractivity contribution in [1.82, 2.24) is 10.6 Å². The second kappa shape index (κ2) is 4.37. The zero-order chi connectivity index (χ0) is 8.97. The molecule has 1 aliphatic rings. The molecule has 0 aromatic rings. The highest BCUT2D eigenvalue weighted by molar-refractivity contribution is 5.82. The highest BCUT2D eigenvalue weighted by atomic mass is 19.1. The van der Waals surface area contributed by atoms with Crippen molar-refractivity contribution < 1.29 is 9.18 Å². The van der Waals surface area contributed by atoms with Crippen molar-refractivity contribution in [3.05, 3.63) is 0 Å². The Balaban J connectivity index is 2.23. The van der Waals surface area contributed by atoms with Crippen LogP contribution in [0.2, 0.25) is 0 Å². The van der Waals surface area contributed by atoms with Crippen molar-refractivity contribution >= 4 is 5.91 Å². The van der Waals surface area contributed by atoms with E-state index < -0.39 is 6.17 Å². The minimum absolute atomic E-state index is 0.152. The van der Waals surface area contributed by atoms with Gasteiger partial charge in [0.2, 0.25) is 5.91 Å². The smallest absolute Gasteiger partial charge is 0.237 e. The molecule has 1 rings (SSSR count). The van der Waals surface area contributed by atoms with Gasteiger partial charge in [-0.3, -0.25) is 4.79 Å². The van der Waals surface area contributed by atoms with Crippen LogP contribution >= 0.6 is 0 Å². The summed E-state index contributed by atoms with van der Waals surface area (Å²) < 4.78 is 12.6. The molecule has 0 bridgehead atoms. The molecule has 1 fully saturated rings. The number of hydrogen-bond acceptors (Lipinski definition) is 3. The van der Waals surface area contributed by atoms with Crippen molar-refractivity contribution in [2.24, 2.45) is 5.73 Å². The third-order valence-corrected chi connectivity index (χ3v) is 1.84. The first-order chi connectivity index (χ1) is 5.74. The molecule has 1 saturated heterocycles. The number of nitrogens with two attached hydrogens (primary N) is 1. The van der Waals surface area contributed by atoms with Crippen LogP contribution in [-0.2, 0) is 4.79 Å². The van der Waals surface area contributed by atoms with Crippen molar-refractivity contribution in [3.63, 3.8) is 0 Å². The van der Waals surface area contributed by atoms with Crippen LogP contribution in [0.1, 0.15) is 6.42 Å². The lowest BCUT2D eigenvalue weighted by Gasteiger charge is -2.09. The summed E-state index contributed by atoms with van der Waals surface area (Å²) in [4.78, 5) is 11.2. The second-order valence-electron chi connectivity index (χ2n) is 2.87. The van der Waals surface area contributed by atoms with E-state index in [0.717, 1.165) is 0 Å². The highest BCUT2D eigenvalue weighted by Crippen LogP contribution is 2.09. The van der Waals surface area contributed by atoms with Gasteiger partial charge in [-0.05, 0) is 0 Å². The molecule has 4 nitrogen and oxygen atoms in total. The molecule has 2 atom stereocenters. The highest BCUT2D eigenvalue weighted by Gasteiger charge is 2.28. The summed E-state index contributed by atoms with van der Waals surface area (Å²) in [5.41, 5.74) is 5.19. The van der Waals surface area contributed by atoms with Gasteiger partial charge in [-0.25, -0.2) is 4.39 Å². The molecular formula is C7H14FN3O. The summed E-state index contributed by atoms with van der Waals surface area (Å²) in [5, 5.41) is 5.39. The summed E-state index contributed by atoms with van der Waals surface area (Å²) in [7, 11) is 0. The van der Waals surface area contributed by atoms with Crippen LogP contribution in [0.4, 0.5) is 4.39 Å². The Morgan fingerprint density at radius 3 is 3.00 bits per heavy atom.